The largest absolute Gasteiger partial charge is 0.444 e. The number of fused-ring (bicyclic) bond motifs is 1. The number of ether oxygens (including phenoxy) is 1. The summed E-state index contributed by atoms with van der Waals surface area (Å²) in [6.45, 7) is 6.65. The summed E-state index contributed by atoms with van der Waals surface area (Å²) in [4.78, 5) is 17.7. The van der Waals surface area contributed by atoms with E-state index in [0.717, 1.165) is 17.5 Å². The summed E-state index contributed by atoms with van der Waals surface area (Å²) in [5, 5.41) is 8.81. The predicted octanol–water partition coefficient (Wildman–Crippen LogP) is 2.25. The first-order valence-electron chi connectivity index (χ1n) is 6.25. The fraction of sp³-hybridized carbons (Fsp3) is 0.500. The molecule has 5 heteroatoms. The van der Waals surface area contributed by atoms with Gasteiger partial charge < -0.3 is 9.64 Å². The Morgan fingerprint density at radius 2 is 2.21 bits per heavy atom. The lowest BCUT2D eigenvalue weighted by molar-refractivity contribution is 0.0224. The molecule has 0 aromatic carbocycles. The first-order chi connectivity index (χ1) is 8.89. The van der Waals surface area contributed by atoms with Gasteiger partial charge in [-0.2, -0.15) is 5.26 Å². The van der Waals surface area contributed by atoms with E-state index >= 15 is 0 Å². The molecule has 0 saturated carbocycles. The third-order valence-electron chi connectivity index (χ3n) is 2.86. The smallest absolute Gasteiger partial charge is 0.410 e. The van der Waals surface area contributed by atoms with Crippen LogP contribution in [0.2, 0.25) is 0 Å². The maximum absolute atomic E-state index is 12.0. The SMILES string of the molecule is CC(C)(C)OC(=O)N1CCc2cc(C#N)ncc2C1. The van der Waals surface area contributed by atoms with Gasteiger partial charge in [0.2, 0.25) is 0 Å². The molecule has 0 saturated heterocycles. The van der Waals surface area contributed by atoms with Crippen molar-refractivity contribution >= 4 is 6.09 Å². The van der Waals surface area contributed by atoms with E-state index < -0.39 is 5.60 Å². The van der Waals surface area contributed by atoms with Gasteiger partial charge in [-0.25, -0.2) is 9.78 Å². The normalized spacial score (nSPS) is 14.5. The Labute approximate surface area is 112 Å². The molecule has 0 unspecified atom stereocenters. The highest BCUT2D eigenvalue weighted by molar-refractivity contribution is 5.68. The molecule has 1 aliphatic rings. The molecule has 1 aromatic rings. The van der Waals surface area contributed by atoms with Crippen LogP contribution >= 0.6 is 0 Å². The topological polar surface area (TPSA) is 66.2 Å². The molecule has 0 spiro atoms. The molecule has 100 valence electrons. The second-order valence-electron chi connectivity index (χ2n) is 5.60. The Balaban J connectivity index is 2.11. The van der Waals surface area contributed by atoms with Crippen LogP contribution in [0.4, 0.5) is 4.79 Å². The zero-order valence-corrected chi connectivity index (χ0v) is 11.4. The van der Waals surface area contributed by atoms with Crippen LogP contribution in [0.5, 0.6) is 0 Å². The Bertz CT molecular complexity index is 541. The molecular formula is C14H17N3O2. The Morgan fingerprint density at radius 1 is 1.47 bits per heavy atom. The molecule has 2 rings (SSSR count). The summed E-state index contributed by atoms with van der Waals surface area (Å²) in [7, 11) is 0. The number of nitrogens with zero attached hydrogens (tertiary/aromatic N) is 3. The van der Waals surface area contributed by atoms with Crippen molar-refractivity contribution < 1.29 is 9.53 Å². The van der Waals surface area contributed by atoms with E-state index in [1.54, 1.807) is 17.2 Å². The van der Waals surface area contributed by atoms with Gasteiger partial charge in [0.1, 0.15) is 17.4 Å². The van der Waals surface area contributed by atoms with Gasteiger partial charge in [-0.3, -0.25) is 0 Å². The molecule has 0 bridgehead atoms. The number of amides is 1. The summed E-state index contributed by atoms with van der Waals surface area (Å²) >= 11 is 0. The molecule has 5 nitrogen and oxygen atoms in total. The van der Waals surface area contributed by atoms with Crippen LogP contribution in [-0.4, -0.2) is 28.1 Å². The molecule has 1 aliphatic heterocycles. The predicted molar refractivity (Wildman–Crippen MR) is 69.3 cm³/mol. The molecule has 0 radical (unpaired) electrons. The number of hydrogen-bond donors (Lipinski definition) is 0. The molecular weight excluding hydrogens is 242 g/mol. The lowest BCUT2D eigenvalue weighted by atomic mass is 10.0. The minimum absolute atomic E-state index is 0.303. The maximum Gasteiger partial charge on any atom is 0.410 e. The molecule has 1 amide bonds. The fourth-order valence-electron chi connectivity index (χ4n) is 1.98. The van der Waals surface area contributed by atoms with Crippen LogP contribution in [0.25, 0.3) is 0 Å². The van der Waals surface area contributed by atoms with Crippen molar-refractivity contribution in [3.8, 4) is 6.07 Å². The highest BCUT2D eigenvalue weighted by Gasteiger charge is 2.25. The first-order valence-corrected chi connectivity index (χ1v) is 6.25. The number of carbonyl (C=O) groups is 1. The van der Waals surface area contributed by atoms with Crippen molar-refractivity contribution in [3.05, 3.63) is 29.1 Å². The number of pyridine rings is 1. The van der Waals surface area contributed by atoms with E-state index in [0.29, 0.717) is 18.8 Å². The van der Waals surface area contributed by atoms with Crippen molar-refractivity contribution in [3.63, 3.8) is 0 Å². The highest BCUT2D eigenvalue weighted by atomic mass is 16.6. The van der Waals surface area contributed by atoms with Crippen molar-refractivity contribution in [2.24, 2.45) is 0 Å². The Kier molecular flexibility index (Phi) is 3.43. The monoisotopic (exact) mass is 259 g/mol. The number of nitriles is 1. The van der Waals surface area contributed by atoms with Gasteiger partial charge in [-0.05, 0) is 44.4 Å². The summed E-state index contributed by atoms with van der Waals surface area (Å²) in [5.74, 6) is 0. The number of aromatic nitrogens is 1. The minimum Gasteiger partial charge on any atom is -0.444 e. The van der Waals surface area contributed by atoms with Crippen LogP contribution in [0.15, 0.2) is 12.3 Å². The summed E-state index contributed by atoms with van der Waals surface area (Å²) in [6.07, 6.45) is 2.10. The van der Waals surface area contributed by atoms with Crippen molar-refractivity contribution in [1.29, 1.82) is 5.26 Å². The standard InChI is InChI=1S/C14H17N3O2/c1-14(2,3)19-13(18)17-5-4-10-6-12(7-15)16-8-11(10)9-17/h6,8H,4-5,9H2,1-3H3. The maximum atomic E-state index is 12.0. The average Bonchev–Trinajstić information content (AvgIpc) is 2.35. The summed E-state index contributed by atoms with van der Waals surface area (Å²) in [5.41, 5.74) is 2.01. The van der Waals surface area contributed by atoms with Crippen LogP contribution in [0.3, 0.4) is 0 Å². The Morgan fingerprint density at radius 3 is 2.84 bits per heavy atom. The van der Waals surface area contributed by atoms with Gasteiger partial charge in [0.05, 0.1) is 6.54 Å². The molecule has 0 fully saturated rings. The second-order valence-corrected chi connectivity index (χ2v) is 5.60. The Hall–Kier alpha value is -2.09. The van der Waals surface area contributed by atoms with Gasteiger partial charge >= 0.3 is 6.09 Å². The zero-order chi connectivity index (χ0) is 14.0. The van der Waals surface area contributed by atoms with Crippen LogP contribution < -0.4 is 0 Å². The quantitative estimate of drug-likeness (QED) is 0.716. The van der Waals surface area contributed by atoms with Crippen LogP contribution in [-0.2, 0) is 17.7 Å². The lowest BCUT2D eigenvalue weighted by Crippen LogP contribution is -2.40. The third-order valence-corrected chi connectivity index (χ3v) is 2.86. The van der Waals surface area contributed by atoms with E-state index in [1.165, 1.54) is 0 Å². The third kappa shape index (κ3) is 3.22. The summed E-state index contributed by atoms with van der Waals surface area (Å²) < 4.78 is 5.35. The van der Waals surface area contributed by atoms with E-state index in [2.05, 4.69) is 4.98 Å². The molecule has 0 N–H and O–H groups in total. The number of carbonyl (C=O) groups excluding carboxylic acids is 1. The van der Waals surface area contributed by atoms with E-state index in [1.807, 2.05) is 26.8 Å². The van der Waals surface area contributed by atoms with Gasteiger partial charge in [-0.1, -0.05) is 0 Å². The zero-order valence-electron chi connectivity index (χ0n) is 11.4. The minimum atomic E-state index is -0.486. The highest BCUT2D eigenvalue weighted by Crippen LogP contribution is 2.20. The summed E-state index contributed by atoms with van der Waals surface area (Å²) in [6, 6.07) is 3.82. The van der Waals surface area contributed by atoms with Crippen LogP contribution in [0.1, 0.15) is 37.6 Å². The van der Waals surface area contributed by atoms with Gasteiger partial charge in [0, 0.05) is 12.7 Å². The fourth-order valence-corrected chi connectivity index (χ4v) is 1.98. The molecule has 0 atom stereocenters. The first kappa shape index (κ1) is 13.3. The lowest BCUT2D eigenvalue weighted by Gasteiger charge is -2.31. The average molecular weight is 259 g/mol. The molecule has 0 aliphatic carbocycles. The van der Waals surface area contributed by atoms with Crippen molar-refractivity contribution in [2.75, 3.05) is 6.54 Å². The van der Waals surface area contributed by atoms with E-state index in [9.17, 15) is 4.79 Å². The molecule has 19 heavy (non-hydrogen) atoms. The van der Waals surface area contributed by atoms with Gasteiger partial charge in [0.15, 0.2) is 0 Å². The van der Waals surface area contributed by atoms with E-state index in [-0.39, 0.29) is 6.09 Å². The second kappa shape index (κ2) is 4.88. The van der Waals surface area contributed by atoms with Gasteiger partial charge in [-0.15, -0.1) is 0 Å². The van der Waals surface area contributed by atoms with Crippen molar-refractivity contribution in [2.45, 2.75) is 39.3 Å². The number of hydrogen-bond acceptors (Lipinski definition) is 4. The molecule has 1 aromatic heterocycles. The van der Waals surface area contributed by atoms with Gasteiger partial charge in [0.25, 0.3) is 0 Å². The number of rotatable bonds is 0. The van der Waals surface area contributed by atoms with Crippen LogP contribution in [0, 0.1) is 11.3 Å². The molecule has 2 heterocycles. The van der Waals surface area contributed by atoms with Crippen molar-refractivity contribution in [1.82, 2.24) is 9.88 Å². The van der Waals surface area contributed by atoms with E-state index in [4.69, 9.17) is 10.00 Å².